The van der Waals surface area contributed by atoms with Gasteiger partial charge in [-0.15, -0.1) is 0 Å². The van der Waals surface area contributed by atoms with Gasteiger partial charge in [0.2, 0.25) is 6.08 Å². The summed E-state index contributed by atoms with van der Waals surface area (Å²) in [6.07, 6.45) is 4.43. The minimum atomic E-state index is -4.62. The van der Waals surface area contributed by atoms with Crippen molar-refractivity contribution in [2.45, 2.75) is 70.4 Å². The number of unbranched alkanes of at least 4 members (excludes halogenated alkanes) is 7. The molecule has 0 spiro atoms. The molecule has 7 nitrogen and oxygen atoms in total. The van der Waals surface area contributed by atoms with Crippen LogP contribution >= 0.6 is 0 Å². The minimum Gasteiger partial charge on any atom is -0.476 e. The van der Waals surface area contributed by atoms with Crippen LogP contribution in [0.25, 0.3) is 0 Å². The van der Waals surface area contributed by atoms with Crippen molar-refractivity contribution in [3.05, 3.63) is 83.1 Å². The van der Waals surface area contributed by atoms with Crippen molar-refractivity contribution in [2.75, 3.05) is 6.54 Å². The SMILES string of the molecule is NCCCCCCCCCCc1cccc(C(F)(F)F)c1F.O=C(O)c1cocn1.O=C=Nc1cccc(C(F)F)c1F. The van der Waals surface area contributed by atoms with Crippen molar-refractivity contribution in [3.63, 3.8) is 0 Å². The van der Waals surface area contributed by atoms with E-state index in [1.165, 1.54) is 24.6 Å². The van der Waals surface area contributed by atoms with E-state index in [1.54, 1.807) is 0 Å². The molecule has 0 aliphatic heterocycles. The second kappa shape index (κ2) is 20.0. The van der Waals surface area contributed by atoms with Crippen molar-refractivity contribution in [2.24, 2.45) is 10.7 Å². The van der Waals surface area contributed by atoms with Crippen LogP contribution in [0.15, 0.2) is 58.5 Å². The summed E-state index contributed by atoms with van der Waals surface area (Å²) in [7, 11) is 0. The molecule has 0 fully saturated rings. The third-order valence-corrected chi connectivity index (χ3v) is 5.85. The lowest BCUT2D eigenvalue weighted by molar-refractivity contribution is -0.140. The summed E-state index contributed by atoms with van der Waals surface area (Å²) in [5, 5.41) is 8.15. The first kappa shape index (κ1) is 37.0. The molecule has 236 valence electrons. The summed E-state index contributed by atoms with van der Waals surface area (Å²) in [5.41, 5.74) is 3.16. The lowest BCUT2D eigenvalue weighted by Gasteiger charge is -2.11. The molecule has 1 heterocycles. The predicted octanol–water partition coefficient (Wildman–Crippen LogP) is 8.57. The molecule has 0 aliphatic carbocycles. The fraction of sp³-hybridized carbons (Fsp3) is 0.414. The van der Waals surface area contributed by atoms with E-state index in [4.69, 9.17) is 10.8 Å². The highest BCUT2D eigenvalue weighted by Gasteiger charge is 2.34. The predicted molar refractivity (Wildman–Crippen MR) is 144 cm³/mol. The number of aromatic nitrogens is 1. The van der Waals surface area contributed by atoms with Gasteiger partial charge in [0.1, 0.15) is 17.8 Å². The van der Waals surface area contributed by atoms with Crippen LogP contribution in [-0.4, -0.2) is 28.7 Å². The van der Waals surface area contributed by atoms with Gasteiger partial charge in [0.15, 0.2) is 17.9 Å². The molecule has 0 atom stereocenters. The van der Waals surface area contributed by atoms with E-state index in [-0.39, 0.29) is 11.3 Å². The Bertz CT molecular complexity index is 1280. The Balaban J connectivity index is 0.000000368. The molecule has 0 saturated heterocycles. The summed E-state index contributed by atoms with van der Waals surface area (Å²) >= 11 is 0. The number of oxazole rings is 1. The van der Waals surface area contributed by atoms with Crippen LogP contribution in [0.3, 0.4) is 0 Å². The molecule has 14 heteroatoms. The van der Waals surface area contributed by atoms with Gasteiger partial charge in [0, 0.05) is 0 Å². The van der Waals surface area contributed by atoms with Crippen LogP contribution in [-0.2, 0) is 17.4 Å². The van der Waals surface area contributed by atoms with Crippen molar-refractivity contribution >= 4 is 17.7 Å². The fourth-order valence-corrected chi connectivity index (χ4v) is 3.67. The van der Waals surface area contributed by atoms with Gasteiger partial charge in [0.05, 0.1) is 11.1 Å². The quantitative estimate of drug-likeness (QED) is 0.0856. The zero-order valence-electron chi connectivity index (χ0n) is 23.1. The second-order valence-corrected chi connectivity index (χ2v) is 9.01. The van der Waals surface area contributed by atoms with Crippen LogP contribution in [0.4, 0.5) is 36.4 Å². The average molecular weight is 620 g/mol. The Morgan fingerprint density at radius 1 is 0.953 bits per heavy atom. The van der Waals surface area contributed by atoms with Crippen LogP contribution in [0, 0.1) is 11.6 Å². The first-order valence-corrected chi connectivity index (χ1v) is 13.2. The second-order valence-electron chi connectivity index (χ2n) is 9.01. The highest BCUT2D eigenvalue weighted by Crippen LogP contribution is 2.33. The molecule has 3 N–H and O–H groups in total. The van der Waals surface area contributed by atoms with Gasteiger partial charge in [-0.1, -0.05) is 62.8 Å². The number of alkyl halides is 5. The molecule has 0 amide bonds. The van der Waals surface area contributed by atoms with Gasteiger partial charge >= 0.3 is 12.1 Å². The molecule has 2 aromatic carbocycles. The van der Waals surface area contributed by atoms with E-state index >= 15 is 0 Å². The number of aliphatic imine (C=N–C) groups is 1. The number of aromatic carboxylic acids is 1. The standard InChI is InChI=1S/C17H25F4N.C8H4F3NO.C4H3NO3/c18-16-14(11-9-12-15(16)17(19,20)21)10-7-5-3-1-2-4-6-8-13-22;9-7-5(8(10)11)2-1-3-6(7)12-4-13;6-4(7)3-1-8-2-5-3/h9,11-12H,1-8,10,13,22H2;1-3,8H;1-2H,(H,6,7). The molecule has 0 unspecified atom stereocenters. The number of hydrogen-bond acceptors (Lipinski definition) is 6. The number of carbonyl (C=O) groups excluding carboxylic acids is 1. The molecule has 1 aromatic heterocycles. The summed E-state index contributed by atoms with van der Waals surface area (Å²) in [6.45, 7) is 0.739. The highest BCUT2D eigenvalue weighted by atomic mass is 19.4. The Morgan fingerprint density at radius 2 is 1.56 bits per heavy atom. The normalized spacial score (nSPS) is 10.7. The number of nitrogens with two attached hydrogens (primary N) is 1. The Morgan fingerprint density at radius 3 is 2.05 bits per heavy atom. The van der Waals surface area contributed by atoms with Crippen LogP contribution in [0.5, 0.6) is 0 Å². The zero-order valence-corrected chi connectivity index (χ0v) is 23.1. The Hall–Kier alpha value is -4.03. The maximum absolute atomic E-state index is 13.8. The van der Waals surface area contributed by atoms with Crippen molar-refractivity contribution in [3.8, 4) is 0 Å². The number of benzene rings is 2. The summed E-state index contributed by atoms with van der Waals surface area (Å²) < 4.78 is 93.1. The maximum Gasteiger partial charge on any atom is 0.419 e. The number of rotatable bonds is 13. The average Bonchev–Trinajstić information content (AvgIpc) is 3.50. The van der Waals surface area contributed by atoms with Gasteiger partial charge in [-0.25, -0.2) is 32.1 Å². The number of nitrogens with zero attached hydrogens (tertiary/aromatic N) is 2. The summed E-state index contributed by atoms with van der Waals surface area (Å²) in [5.74, 6) is -3.36. The Labute approximate surface area is 243 Å². The molecular formula is C29H32F7N3O4. The van der Waals surface area contributed by atoms with E-state index in [9.17, 15) is 40.3 Å². The van der Waals surface area contributed by atoms with Crippen molar-refractivity contribution in [1.29, 1.82) is 0 Å². The lowest BCUT2D eigenvalue weighted by Crippen LogP contribution is -2.09. The van der Waals surface area contributed by atoms with E-state index in [2.05, 4.69) is 14.4 Å². The van der Waals surface area contributed by atoms with Gasteiger partial charge in [-0.3, -0.25) is 0 Å². The first-order valence-electron chi connectivity index (χ1n) is 13.2. The molecule has 43 heavy (non-hydrogen) atoms. The van der Waals surface area contributed by atoms with E-state index in [0.29, 0.717) is 6.42 Å². The van der Waals surface area contributed by atoms with E-state index < -0.39 is 47.0 Å². The minimum absolute atomic E-state index is 0.0648. The molecule has 3 rings (SSSR count). The number of carbonyl (C=O) groups is 1. The maximum atomic E-state index is 13.8. The van der Waals surface area contributed by atoms with Crippen LogP contribution in [0.1, 0.15) is 85.0 Å². The summed E-state index contributed by atoms with van der Waals surface area (Å²) in [4.78, 5) is 26.0. The molecule has 0 radical (unpaired) electrons. The van der Waals surface area contributed by atoms with Gasteiger partial charge < -0.3 is 15.3 Å². The van der Waals surface area contributed by atoms with E-state index in [0.717, 1.165) is 88.4 Å². The number of carboxylic acids is 1. The van der Waals surface area contributed by atoms with Crippen molar-refractivity contribution < 1.29 is 49.8 Å². The molecule has 0 saturated carbocycles. The van der Waals surface area contributed by atoms with Gasteiger partial charge in [0.25, 0.3) is 6.43 Å². The number of isocyanates is 1. The summed E-state index contributed by atoms with van der Waals surface area (Å²) in [6, 6.07) is 6.76. The molecule has 0 aliphatic rings. The highest BCUT2D eigenvalue weighted by molar-refractivity contribution is 5.84. The largest absolute Gasteiger partial charge is 0.476 e. The number of carboxylic acid groups (broad SMARTS) is 1. The van der Waals surface area contributed by atoms with E-state index in [1.807, 2.05) is 0 Å². The smallest absolute Gasteiger partial charge is 0.419 e. The topological polar surface area (TPSA) is 119 Å². The lowest BCUT2D eigenvalue weighted by atomic mass is 10.0. The molecular weight excluding hydrogens is 587 g/mol. The number of halogens is 7. The number of aryl methyl sites for hydroxylation is 1. The molecule has 0 bridgehead atoms. The first-order chi connectivity index (χ1) is 20.4. The third kappa shape index (κ3) is 14.1. The van der Waals surface area contributed by atoms with Gasteiger partial charge in [-0.2, -0.15) is 18.2 Å². The zero-order chi connectivity index (χ0) is 32.3. The van der Waals surface area contributed by atoms with Crippen molar-refractivity contribution in [1.82, 2.24) is 4.98 Å². The monoisotopic (exact) mass is 619 g/mol. The van der Waals surface area contributed by atoms with Crippen LogP contribution < -0.4 is 5.73 Å². The Kier molecular flexibility index (Phi) is 17.2. The number of hydrogen-bond donors (Lipinski definition) is 2. The third-order valence-electron chi connectivity index (χ3n) is 5.85. The fourth-order valence-electron chi connectivity index (χ4n) is 3.67. The van der Waals surface area contributed by atoms with Gasteiger partial charge in [-0.05, 0) is 43.5 Å². The van der Waals surface area contributed by atoms with Crippen LogP contribution in [0.2, 0.25) is 0 Å². The molecule has 3 aromatic rings.